The van der Waals surface area contributed by atoms with Gasteiger partial charge in [-0.1, -0.05) is 72.1 Å². The Balaban J connectivity index is 0.000000259. The van der Waals surface area contributed by atoms with Gasteiger partial charge in [-0.15, -0.1) is 0 Å². The fourth-order valence-corrected chi connectivity index (χ4v) is 7.10. The molecule has 0 aromatic rings. The van der Waals surface area contributed by atoms with Crippen LogP contribution in [0.15, 0.2) is 0 Å². The van der Waals surface area contributed by atoms with E-state index in [0.29, 0.717) is 0 Å². The molecule has 2 heterocycles. The van der Waals surface area contributed by atoms with E-state index in [9.17, 15) is 30.6 Å². The maximum Gasteiger partial charge on any atom is 0.141 e. The number of hydrogen-bond acceptors (Lipinski definition) is 10. The van der Waals surface area contributed by atoms with E-state index in [1.54, 1.807) is 34.7 Å². The zero-order chi connectivity index (χ0) is 34.2. The van der Waals surface area contributed by atoms with Gasteiger partial charge in [0.1, 0.15) is 45.8 Å². The second-order valence-corrected chi connectivity index (χ2v) is 15.4. The summed E-state index contributed by atoms with van der Waals surface area (Å²) in [6.07, 6.45) is 10.6. The average Bonchev–Trinajstić information content (AvgIpc) is 3.72. The molecule has 8 N–H and O–H groups in total. The van der Waals surface area contributed by atoms with Crippen LogP contribution in [-0.4, -0.2) is 113 Å². The molecule has 10 nitrogen and oxygen atoms in total. The van der Waals surface area contributed by atoms with Gasteiger partial charge in [0, 0.05) is 0 Å². The number of likely N-dealkylation sites (N-methyl/N-ethyl adjacent to an activating group) is 1. The molecule has 4 rings (SSSR count). The summed E-state index contributed by atoms with van der Waals surface area (Å²) in [6, 6.07) is -0.682. The van der Waals surface area contributed by atoms with Crippen LogP contribution in [0.3, 0.4) is 0 Å². The topological polar surface area (TPSA) is 164 Å². The van der Waals surface area contributed by atoms with E-state index in [1.165, 1.54) is 72.6 Å². The maximum atomic E-state index is 10.8. The summed E-state index contributed by atoms with van der Waals surface area (Å²) < 4.78 is 11.6. The van der Waals surface area contributed by atoms with E-state index in [2.05, 4.69) is 31.4 Å². The van der Waals surface area contributed by atoms with Crippen molar-refractivity contribution in [3.8, 4) is 0 Å². The number of hydrogen-bond donors (Lipinski definition) is 8. The number of unbranched alkanes of at least 4 members (excludes halogenated alkanes) is 7. The lowest BCUT2D eigenvalue weighted by molar-refractivity contribution is -0.312. The third-order valence-corrected chi connectivity index (χ3v) is 11.8. The van der Waals surface area contributed by atoms with Crippen molar-refractivity contribution in [2.24, 2.45) is 0 Å². The summed E-state index contributed by atoms with van der Waals surface area (Å²) in [6.45, 7) is 20.3. The summed E-state index contributed by atoms with van der Waals surface area (Å²) in [7, 11) is 1.70. The van der Waals surface area contributed by atoms with E-state index in [-0.39, 0.29) is 12.1 Å². The van der Waals surface area contributed by atoms with E-state index >= 15 is 0 Å². The number of ether oxygens (including phenoxy) is 2. The Hall–Kier alpha value is -0.400. The van der Waals surface area contributed by atoms with Gasteiger partial charge in [0.05, 0.1) is 23.3 Å². The summed E-state index contributed by atoms with van der Waals surface area (Å²) in [5, 5.41) is 69.8. The number of fused-ring (bicyclic) bond motifs is 2. The Bertz CT molecular complexity index is 932. The highest BCUT2D eigenvalue weighted by atomic mass is 16.6. The standard InChI is InChI=1S/C16H31NO4.C11H21NO4.C7H16/c1-6-7-8-9-10-17-11-12-16(11,20)15(5,19)14(4,18)13(2,3)21-12;1-8(2)9(3,13)10(4,14)11(15)6(12-5)7(11)16-8;1-3-5-7-6-4-2/h11-12,17-20H,6-10H2,1-5H3;6-7,12-15H,1-5H3;3-7H2,1-2H3/t11?,12?,14?,15-,16+;6?,7?,9?,10-,11+;/m00./s1. The Morgan fingerprint density at radius 1 is 0.500 bits per heavy atom. The van der Waals surface area contributed by atoms with Crippen LogP contribution in [0, 0.1) is 0 Å². The van der Waals surface area contributed by atoms with Crippen molar-refractivity contribution in [3.63, 3.8) is 0 Å². The molecular weight excluding hydrogens is 564 g/mol. The molecule has 2 aliphatic carbocycles. The Morgan fingerprint density at radius 3 is 1.20 bits per heavy atom. The van der Waals surface area contributed by atoms with Crippen molar-refractivity contribution in [1.82, 2.24) is 10.6 Å². The van der Waals surface area contributed by atoms with Crippen LogP contribution in [0.5, 0.6) is 0 Å². The zero-order valence-corrected chi connectivity index (χ0v) is 29.9. The molecule has 4 fully saturated rings. The van der Waals surface area contributed by atoms with Crippen LogP contribution < -0.4 is 10.6 Å². The minimum absolute atomic E-state index is 0.331. The van der Waals surface area contributed by atoms with Crippen LogP contribution in [-0.2, 0) is 9.47 Å². The molecule has 44 heavy (non-hydrogen) atoms. The summed E-state index contributed by atoms with van der Waals surface area (Å²) >= 11 is 0. The fraction of sp³-hybridized carbons (Fsp3) is 1.00. The van der Waals surface area contributed by atoms with Crippen molar-refractivity contribution in [1.29, 1.82) is 0 Å². The van der Waals surface area contributed by atoms with Gasteiger partial charge in [-0.25, -0.2) is 0 Å². The second-order valence-electron chi connectivity index (χ2n) is 15.4. The quantitative estimate of drug-likeness (QED) is 0.159. The molecule has 0 aromatic carbocycles. The van der Waals surface area contributed by atoms with Crippen LogP contribution in [0.4, 0.5) is 0 Å². The van der Waals surface area contributed by atoms with Gasteiger partial charge < -0.3 is 50.7 Å². The molecule has 262 valence electrons. The normalized spacial score (nSPS) is 46.0. The van der Waals surface area contributed by atoms with Crippen LogP contribution >= 0.6 is 0 Å². The van der Waals surface area contributed by atoms with E-state index in [0.717, 1.165) is 19.4 Å². The third-order valence-electron chi connectivity index (χ3n) is 11.8. The molecule has 10 atom stereocenters. The largest absolute Gasteiger partial charge is 0.384 e. The average molecular weight is 633 g/mol. The third kappa shape index (κ3) is 6.27. The first-order valence-electron chi connectivity index (χ1n) is 17.1. The van der Waals surface area contributed by atoms with Gasteiger partial charge in [-0.05, 0) is 75.4 Å². The smallest absolute Gasteiger partial charge is 0.141 e. The molecule has 0 radical (unpaired) electrons. The van der Waals surface area contributed by atoms with E-state index in [1.807, 2.05) is 0 Å². The number of rotatable bonds is 11. The van der Waals surface area contributed by atoms with Crippen LogP contribution in [0.1, 0.15) is 134 Å². The summed E-state index contributed by atoms with van der Waals surface area (Å²) in [4.78, 5) is 0. The monoisotopic (exact) mass is 632 g/mol. The number of aliphatic hydroxyl groups is 6. The minimum Gasteiger partial charge on any atom is -0.384 e. The van der Waals surface area contributed by atoms with Gasteiger partial charge in [-0.3, -0.25) is 0 Å². The van der Waals surface area contributed by atoms with Crippen molar-refractivity contribution < 1.29 is 40.1 Å². The predicted octanol–water partition coefficient (Wildman–Crippen LogP) is 2.92. The van der Waals surface area contributed by atoms with Gasteiger partial charge in [0.25, 0.3) is 0 Å². The lowest BCUT2D eigenvalue weighted by atomic mass is 9.68. The van der Waals surface area contributed by atoms with Crippen LogP contribution in [0.25, 0.3) is 0 Å². The second kappa shape index (κ2) is 13.6. The molecule has 0 aromatic heterocycles. The predicted molar refractivity (Wildman–Crippen MR) is 174 cm³/mol. The molecule has 2 saturated heterocycles. The first-order chi connectivity index (χ1) is 20.0. The molecule has 4 aliphatic rings. The van der Waals surface area contributed by atoms with Gasteiger partial charge in [0.2, 0.25) is 0 Å². The van der Waals surface area contributed by atoms with Crippen molar-refractivity contribution in [2.45, 2.75) is 203 Å². The van der Waals surface area contributed by atoms with Crippen LogP contribution in [0.2, 0.25) is 0 Å². The SMILES string of the molecule is CCCCCCC.CCCCCCNC1C2OC(C)(C)C(C)(O)[C@](C)(O)[C@@]12O.CNC1C2OC(C)(C)C(C)(O)[C@](C)(O)[C@@]12O. The summed E-state index contributed by atoms with van der Waals surface area (Å²) in [5.41, 5.74) is -11.0. The molecule has 6 unspecified atom stereocenters. The Labute approximate surface area is 267 Å². The summed E-state index contributed by atoms with van der Waals surface area (Å²) in [5.74, 6) is 0. The lowest BCUT2D eigenvalue weighted by Gasteiger charge is -2.54. The highest BCUT2D eigenvalue weighted by molar-refractivity contribution is 5.37. The maximum absolute atomic E-state index is 10.8. The molecule has 0 spiro atoms. The number of nitrogens with one attached hydrogen (secondary N) is 2. The van der Waals surface area contributed by atoms with E-state index < -0.39 is 57.0 Å². The molecule has 2 aliphatic heterocycles. The molecule has 0 amide bonds. The zero-order valence-electron chi connectivity index (χ0n) is 29.9. The molecular formula is C34H68N2O8. The van der Waals surface area contributed by atoms with Crippen molar-refractivity contribution >= 4 is 0 Å². The lowest BCUT2D eigenvalue weighted by Crippen LogP contribution is -2.73. The van der Waals surface area contributed by atoms with Gasteiger partial charge in [-0.2, -0.15) is 0 Å². The first-order valence-corrected chi connectivity index (χ1v) is 17.1. The minimum atomic E-state index is -1.63. The molecule has 10 heteroatoms. The van der Waals surface area contributed by atoms with Gasteiger partial charge >= 0.3 is 0 Å². The molecule has 2 saturated carbocycles. The van der Waals surface area contributed by atoms with Crippen molar-refractivity contribution in [3.05, 3.63) is 0 Å². The highest BCUT2D eigenvalue weighted by Crippen LogP contribution is 2.61. The fourth-order valence-electron chi connectivity index (χ4n) is 7.10. The first kappa shape index (κ1) is 39.8. The van der Waals surface area contributed by atoms with Gasteiger partial charge in [0.15, 0.2) is 0 Å². The Kier molecular flexibility index (Phi) is 12.3. The van der Waals surface area contributed by atoms with E-state index in [4.69, 9.17) is 9.47 Å². The molecule has 0 bridgehead atoms. The van der Waals surface area contributed by atoms with Crippen molar-refractivity contribution in [2.75, 3.05) is 13.6 Å². The highest BCUT2D eigenvalue weighted by Gasteiger charge is 2.84. The Morgan fingerprint density at radius 2 is 0.841 bits per heavy atom.